The highest BCUT2D eigenvalue weighted by Crippen LogP contribution is 1.95. The summed E-state index contributed by atoms with van der Waals surface area (Å²) < 4.78 is 10.3. The van der Waals surface area contributed by atoms with E-state index in [2.05, 4.69) is 11.2 Å². The summed E-state index contributed by atoms with van der Waals surface area (Å²) in [4.78, 5) is 2.30. The third-order valence-electron chi connectivity index (χ3n) is 1.86. The molecule has 2 radical (unpaired) electrons. The molecule has 0 atom stereocenters. The second-order valence-electron chi connectivity index (χ2n) is 2.78. The molecule has 1 fully saturated rings. The van der Waals surface area contributed by atoms with Crippen LogP contribution in [0.3, 0.4) is 0 Å². The Hall–Kier alpha value is -0.800. The highest BCUT2D eigenvalue weighted by atomic mass is 16.5. The monoisotopic (exact) mass is 181 g/mol. The van der Waals surface area contributed by atoms with Crippen molar-refractivity contribution in [3.63, 3.8) is 0 Å². The molecule has 0 bridgehead atoms. The van der Waals surface area contributed by atoms with Crippen LogP contribution in [-0.2, 0) is 9.47 Å². The molecule has 1 rings (SSSR count). The molecule has 1 aliphatic rings. The molecule has 3 nitrogen and oxygen atoms in total. The molecule has 1 heterocycles. The summed E-state index contributed by atoms with van der Waals surface area (Å²) in [6.07, 6.45) is 5.56. The highest BCUT2D eigenvalue weighted by Gasteiger charge is 2.08. The number of nitrogens with zero attached hydrogens (tertiary/aromatic N) is 1. The molecule has 13 heavy (non-hydrogen) atoms. The van der Waals surface area contributed by atoms with Crippen LogP contribution in [0.25, 0.3) is 0 Å². The molecule has 0 unspecified atom stereocenters. The topological polar surface area (TPSA) is 21.7 Å². The molecule has 0 aromatic carbocycles. The van der Waals surface area contributed by atoms with Crippen LogP contribution in [-0.4, -0.2) is 44.4 Å². The zero-order chi connectivity index (χ0) is 9.36. The first-order valence-corrected chi connectivity index (χ1v) is 4.47. The molecular formula is C10H15NO2. The van der Waals surface area contributed by atoms with Crippen LogP contribution in [0, 0.1) is 12.8 Å². The summed E-state index contributed by atoms with van der Waals surface area (Å²) in [7, 11) is 0. The first-order valence-electron chi connectivity index (χ1n) is 4.47. The van der Waals surface area contributed by atoms with Gasteiger partial charge in [0.05, 0.1) is 13.2 Å². The molecule has 0 aliphatic carbocycles. The Kier molecular flexibility index (Phi) is 5.29. The van der Waals surface area contributed by atoms with E-state index in [0.717, 1.165) is 32.8 Å². The van der Waals surface area contributed by atoms with Crippen molar-refractivity contribution in [3.8, 4) is 0 Å². The molecule has 72 valence electrons. The molecule has 3 heteroatoms. The Morgan fingerprint density at radius 3 is 2.92 bits per heavy atom. The second-order valence-corrected chi connectivity index (χ2v) is 2.78. The zero-order valence-corrected chi connectivity index (χ0v) is 7.74. The van der Waals surface area contributed by atoms with Gasteiger partial charge in [0.15, 0.2) is 6.26 Å². The van der Waals surface area contributed by atoms with Gasteiger partial charge in [-0.05, 0) is 6.08 Å². The number of rotatable bonds is 5. The number of hydrogen-bond donors (Lipinski definition) is 0. The van der Waals surface area contributed by atoms with E-state index in [9.17, 15) is 0 Å². The highest BCUT2D eigenvalue weighted by molar-refractivity contribution is 4.86. The SMILES string of the molecule is [CH]=C/C=[C]/OCCN1CCOCC1. The van der Waals surface area contributed by atoms with Gasteiger partial charge in [0, 0.05) is 19.6 Å². The largest absolute Gasteiger partial charge is 0.488 e. The Morgan fingerprint density at radius 1 is 1.46 bits per heavy atom. The molecular weight excluding hydrogens is 166 g/mol. The van der Waals surface area contributed by atoms with Crippen LogP contribution in [0.15, 0.2) is 12.2 Å². The Bertz CT molecular complexity index is 162. The first-order chi connectivity index (χ1) is 6.43. The molecule has 0 aromatic rings. The number of ether oxygens (including phenoxy) is 2. The van der Waals surface area contributed by atoms with E-state index < -0.39 is 0 Å². The fourth-order valence-corrected chi connectivity index (χ4v) is 1.15. The van der Waals surface area contributed by atoms with Crippen LogP contribution in [0.2, 0.25) is 0 Å². The Labute approximate surface area is 79.6 Å². The van der Waals surface area contributed by atoms with Gasteiger partial charge in [-0.2, -0.15) is 0 Å². The van der Waals surface area contributed by atoms with Crippen LogP contribution < -0.4 is 0 Å². The molecule has 0 aromatic heterocycles. The minimum atomic E-state index is 0.657. The Balaban J connectivity index is 1.97. The van der Waals surface area contributed by atoms with E-state index >= 15 is 0 Å². The maximum atomic E-state index is 5.22. The van der Waals surface area contributed by atoms with Crippen molar-refractivity contribution >= 4 is 0 Å². The summed E-state index contributed by atoms with van der Waals surface area (Å²) in [6, 6.07) is 0. The lowest BCUT2D eigenvalue weighted by molar-refractivity contribution is 0.0283. The van der Waals surface area contributed by atoms with Gasteiger partial charge >= 0.3 is 0 Å². The van der Waals surface area contributed by atoms with Gasteiger partial charge in [0.25, 0.3) is 0 Å². The average molecular weight is 181 g/mol. The molecule has 1 aliphatic heterocycles. The normalized spacial score (nSPS) is 19.1. The van der Waals surface area contributed by atoms with Gasteiger partial charge in [0.1, 0.15) is 6.61 Å². The summed E-state index contributed by atoms with van der Waals surface area (Å²) in [6.45, 7) is 10.3. The lowest BCUT2D eigenvalue weighted by Gasteiger charge is -2.25. The molecule has 0 amide bonds. The van der Waals surface area contributed by atoms with E-state index in [1.165, 1.54) is 6.08 Å². The smallest absolute Gasteiger partial charge is 0.161 e. The Morgan fingerprint density at radius 2 is 2.23 bits per heavy atom. The summed E-state index contributed by atoms with van der Waals surface area (Å²) in [5.41, 5.74) is 0. The lowest BCUT2D eigenvalue weighted by atomic mass is 10.4. The minimum absolute atomic E-state index is 0.657. The molecule has 1 saturated heterocycles. The van der Waals surface area contributed by atoms with E-state index in [-0.39, 0.29) is 0 Å². The van der Waals surface area contributed by atoms with Crippen LogP contribution in [0.4, 0.5) is 0 Å². The summed E-state index contributed by atoms with van der Waals surface area (Å²) in [5, 5.41) is 0. The number of allylic oxidation sites excluding steroid dienone is 2. The van der Waals surface area contributed by atoms with E-state index in [0.29, 0.717) is 6.61 Å². The predicted molar refractivity (Wildman–Crippen MR) is 49.9 cm³/mol. The van der Waals surface area contributed by atoms with Crippen LogP contribution in [0.5, 0.6) is 0 Å². The predicted octanol–water partition coefficient (Wildman–Crippen LogP) is 0.641. The van der Waals surface area contributed by atoms with Crippen molar-refractivity contribution in [1.82, 2.24) is 4.90 Å². The first kappa shape index (κ1) is 10.3. The van der Waals surface area contributed by atoms with Crippen molar-refractivity contribution in [2.45, 2.75) is 0 Å². The van der Waals surface area contributed by atoms with Crippen molar-refractivity contribution in [2.24, 2.45) is 0 Å². The van der Waals surface area contributed by atoms with Crippen LogP contribution in [0.1, 0.15) is 0 Å². The number of morpholine rings is 1. The fourth-order valence-electron chi connectivity index (χ4n) is 1.15. The lowest BCUT2D eigenvalue weighted by Crippen LogP contribution is -2.38. The second kappa shape index (κ2) is 6.69. The van der Waals surface area contributed by atoms with Crippen molar-refractivity contribution in [3.05, 3.63) is 25.0 Å². The molecule has 0 saturated carbocycles. The fraction of sp³-hybridized carbons (Fsp3) is 0.600. The minimum Gasteiger partial charge on any atom is -0.488 e. The third-order valence-corrected chi connectivity index (χ3v) is 1.86. The summed E-state index contributed by atoms with van der Waals surface area (Å²) in [5.74, 6) is 0. The maximum absolute atomic E-state index is 5.22. The maximum Gasteiger partial charge on any atom is 0.161 e. The van der Waals surface area contributed by atoms with E-state index in [4.69, 9.17) is 16.1 Å². The molecule has 0 N–H and O–H groups in total. The van der Waals surface area contributed by atoms with Gasteiger partial charge < -0.3 is 9.47 Å². The van der Waals surface area contributed by atoms with Gasteiger partial charge in [-0.3, -0.25) is 4.90 Å². The molecule has 0 spiro atoms. The van der Waals surface area contributed by atoms with Gasteiger partial charge in [-0.1, -0.05) is 12.7 Å². The van der Waals surface area contributed by atoms with Crippen molar-refractivity contribution in [2.75, 3.05) is 39.5 Å². The standard InChI is InChI=1S/C10H15NO2/c1-2-3-7-12-8-4-11-5-9-13-10-6-11/h1-3H,4-6,8-10H2. The van der Waals surface area contributed by atoms with Crippen molar-refractivity contribution in [1.29, 1.82) is 0 Å². The quantitative estimate of drug-likeness (QED) is 0.353. The van der Waals surface area contributed by atoms with Gasteiger partial charge in [-0.25, -0.2) is 0 Å². The van der Waals surface area contributed by atoms with Gasteiger partial charge in [-0.15, -0.1) is 0 Å². The third kappa shape index (κ3) is 4.70. The number of hydrogen-bond acceptors (Lipinski definition) is 3. The average Bonchev–Trinajstić information content (AvgIpc) is 2.19. The van der Waals surface area contributed by atoms with Gasteiger partial charge in [0.2, 0.25) is 0 Å². The van der Waals surface area contributed by atoms with E-state index in [1.807, 2.05) is 0 Å². The van der Waals surface area contributed by atoms with Crippen LogP contribution >= 0.6 is 0 Å². The zero-order valence-electron chi connectivity index (χ0n) is 7.74. The summed E-state index contributed by atoms with van der Waals surface area (Å²) >= 11 is 0. The van der Waals surface area contributed by atoms with E-state index in [1.54, 1.807) is 6.08 Å². The van der Waals surface area contributed by atoms with Crippen molar-refractivity contribution < 1.29 is 9.47 Å².